The maximum absolute atomic E-state index is 13.2. The average molecular weight is 197 g/mol. The van der Waals surface area contributed by atoms with Gasteiger partial charge in [-0.05, 0) is 18.2 Å². The van der Waals surface area contributed by atoms with E-state index in [1.54, 1.807) is 13.2 Å². The molecule has 0 aromatic heterocycles. The third-order valence-corrected chi connectivity index (χ3v) is 2.15. The molecule has 74 valence electrons. The summed E-state index contributed by atoms with van der Waals surface area (Å²) in [5.41, 5.74) is 0.804. The molecule has 2 rings (SSSR count). The Kier molecular flexibility index (Phi) is 2.11. The summed E-state index contributed by atoms with van der Waals surface area (Å²) in [5.74, 6) is -0.983. The van der Waals surface area contributed by atoms with Crippen LogP contribution in [-0.2, 0) is 4.74 Å². The Morgan fingerprint density at radius 3 is 2.86 bits per heavy atom. The molecule has 4 heteroatoms. The first-order valence-corrected chi connectivity index (χ1v) is 4.19. The summed E-state index contributed by atoms with van der Waals surface area (Å²) >= 11 is 0. The molecule has 0 radical (unpaired) electrons. The van der Waals surface area contributed by atoms with Gasteiger partial charge >= 0.3 is 0 Å². The highest BCUT2D eigenvalue weighted by Gasteiger charge is 2.16. The number of halogens is 2. The minimum atomic E-state index is -0.842. The predicted molar refractivity (Wildman–Crippen MR) is 49.8 cm³/mol. The van der Waals surface area contributed by atoms with Crippen LogP contribution in [0.4, 0.5) is 14.5 Å². The van der Waals surface area contributed by atoms with Crippen LogP contribution in [0.2, 0.25) is 0 Å². The van der Waals surface area contributed by atoms with Crippen LogP contribution < -0.4 is 5.32 Å². The number of nitrogens with one attached hydrogen (secondary N) is 1. The fourth-order valence-electron chi connectivity index (χ4n) is 1.40. The highest BCUT2D eigenvalue weighted by atomic mass is 19.2. The number of anilines is 1. The second-order valence-corrected chi connectivity index (χ2v) is 2.99. The zero-order chi connectivity index (χ0) is 10.1. The van der Waals surface area contributed by atoms with Gasteiger partial charge in [0.25, 0.3) is 0 Å². The molecular weight excluding hydrogens is 188 g/mol. The number of methoxy groups -OCH3 is 1. The Balaban J connectivity index is 2.51. The summed E-state index contributed by atoms with van der Waals surface area (Å²) in [4.78, 5) is 0. The summed E-state index contributed by atoms with van der Waals surface area (Å²) in [5, 5.41) is 2.76. The standard InChI is InChI=1S/C10H9F2NO/c1-14-7-4-6-2-3-8(11)9(12)10(6)13-5-7/h2-4,13H,5H2,1H3. The molecule has 0 saturated carbocycles. The molecule has 0 atom stereocenters. The van der Waals surface area contributed by atoms with Crippen LogP contribution in [-0.4, -0.2) is 13.7 Å². The van der Waals surface area contributed by atoms with Crippen molar-refractivity contribution in [1.29, 1.82) is 0 Å². The quantitative estimate of drug-likeness (QED) is 0.746. The summed E-state index contributed by atoms with van der Waals surface area (Å²) in [6.07, 6.45) is 1.69. The SMILES string of the molecule is COC1=Cc2ccc(F)c(F)c2NC1. The molecule has 14 heavy (non-hydrogen) atoms. The van der Waals surface area contributed by atoms with Crippen molar-refractivity contribution in [2.75, 3.05) is 19.0 Å². The minimum absolute atomic E-state index is 0.200. The van der Waals surface area contributed by atoms with Crippen LogP contribution in [0.1, 0.15) is 5.56 Å². The van der Waals surface area contributed by atoms with Crippen molar-refractivity contribution in [3.63, 3.8) is 0 Å². The fraction of sp³-hybridized carbons (Fsp3) is 0.200. The zero-order valence-electron chi connectivity index (χ0n) is 7.60. The molecule has 0 bridgehead atoms. The van der Waals surface area contributed by atoms with Crippen molar-refractivity contribution in [2.24, 2.45) is 0 Å². The Morgan fingerprint density at radius 2 is 2.14 bits per heavy atom. The highest BCUT2D eigenvalue weighted by Crippen LogP contribution is 2.28. The molecule has 0 spiro atoms. The third kappa shape index (κ3) is 1.32. The van der Waals surface area contributed by atoms with Crippen LogP contribution in [0.3, 0.4) is 0 Å². The molecule has 0 aliphatic carbocycles. The van der Waals surface area contributed by atoms with E-state index in [0.717, 1.165) is 6.07 Å². The van der Waals surface area contributed by atoms with Crippen molar-refractivity contribution in [2.45, 2.75) is 0 Å². The van der Waals surface area contributed by atoms with Gasteiger partial charge in [-0.25, -0.2) is 8.78 Å². The molecule has 1 aliphatic heterocycles. The number of hydrogen-bond acceptors (Lipinski definition) is 2. The van der Waals surface area contributed by atoms with E-state index in [4.69, 9.17) is 4.74 Å². The summed E-state index contributed by atoms with van der Waals surface area (Å²) < 4.78 is 31.0. The topological polar surface area (TPSA) is 21.3 Å². The largest absolute Gasteiger partial charge is 0.499 e. The van der Waals surface area contributed by atoms with Gasteiger partial charge < -0.3 is 10.1 Å². The van der Waals surface area contributed by atoms with Crippen LogP contribution >= 0.6 is 0 Å². The molecule has 0 fully saturated rings. The second-order valence-electron chi connectivity index (χ2n) is 2.99. The van der Waals surface area contributed by atoms with Crippen molar-refractivity contribution < 1.29 is 13.5 Å². The molecule has 0 saturated heterocycles. The molecule has 1 N–H and O–H groups in total. The molecule has 1 aliphatic rings. The Bertz CT molecular complexity index is 401. The average Bonchev–Trinajstić information content (AvgIpc) is 2.23. The lowest BCUT2D eigenvalue weighted by Crippen LogP contribution is -2.13. The van der Waals surface area contributed by atoms with Gasteiger partial charge in [0, 0.05) is 5.56 Å². The maximum Gasteiger partial charge on any atom is 0.182 e. The predicted octanol–water partition coefficient (Wildman–Crippen LogP) is 2.38. The smallest absolute Gasteiger partial charge is 0.182 e. The molecule has 1 aromatic rings. The van der Waals surface area contributed by atoms with Gasteiger partial charge in [0.1, 0.15) is 5.76 Å². The van der Waals surface area contributed by atoms with E-state index in [0.29, 0.717) is 17.9 Å². The lowest BCUT2D eigenvalue weighted by atomic mass is 10.1. The van der Waals surface area contributed by atoms with Crippen molar-refractivity contribution in [1.82, 2.24) is 0 Å². The lowest BCUT2D eigenvalue weighted by molar-refractivity contribution is 0.292. The third-order valence-electron chi connectivity index (χ3n) is 2.15. The first-order chi connectivity index (χ1) is 6.72. The van der Waals surface area contributed by atoms with Gasteiger partial charge in [-0.15, -0.1) is 0 Å². The molecular formula is C10H9F2NO. The van der Waals surface area contributed by atoms with Gasteiger partial charge in [0.15, 0.2) is 11.6 Å². The number of benzene rings is 1. The Morgan fingerprint density at radius 1 is 1.36 bits per heavy atom. The monoisotopic (exact) mass is 197 g/mol. The second kappa shape index (κ2) is 3.29. The summed E-state index contributed by atoms with van der Waals surface area (Å²) in [6, 6.07) is 2.61. The van der Waals surface area contributed by atoms with Gasteiger partial charge in [0.2, 0.25) is 0 Å². The molecule has 0 unspecified atom stereocenters. The van der Waals surface area contributed by atoms with Crippen LogP contribution in [0.5, 0.6) is 0 Å². The normalized spacial score (nSPS) is 14.1. The lowest BCUT2D eigenvalue weighted by Gasteiger charge is -2.18. The Hall–Kier alpha value is -1.58. The number of rotatable bonds is 1. The van der Waals surface area contributed by atoms with E-state index in [1.807, 2.05) is 0 Å². The molecule has 0 amide bonds. The first kappa shape index (κ1) is 8.99. The van der Waals surface area contributed by atoms with E-state index in [-0.39, 0.29) is 5.69 Å². The van der Waals surface area contributed by atoms with Crippen LogP contribution in [0, 0.1) is 11.6 Å². The maximum atomic E-state index is 13.2. The van der Waals surface area contributed by atoms with E-state index in [2.05, 4.69) is 5.32 Å². The van der Waals surface area contributed by atoms with Gasteiger partial charge in [-0.2, -0.15) is 0 Å². The summed E-state index contributed by atoms with van der Waals surface area (Å²) in [6.45, 7) is 0.379. The van der Waals surface area contributed by atoms with Crippen LogP contribution in [0.15, 0.2) is 17.9 Å². The summed E-state index contributed by atoms with van der Waals surface area (Å²) in [7, 11) is 1.54. The molecule has 1 heterocycles. The Labute approximate surface area is 80.2 Å². The fourth-order valence-corrected chi connectivity index (χ4v) is 1.40. The van der Waals surface area contributed by atoms with Gasteiger partial charge in [0.05, 0.1) is 19.3 Å². The minimum Gasteiger partial charge on any atom is -0.499 e. The number of fused-ring (bicyclic) bond motifs is 1. The van der Waals surface area contributed by atoms with Crippen molar-refractivity contribution >= 4 is 11.8 Å². The van der Waals surface area contributed by atoms with Crippen molar-refractivity contribution in [3.8, 4) is 0 Å². The molecule has 2 nitrogen and oxygen atoms in total. The van der Waals surface area contributed by atoms with Gasteiger partial charge in [-0.3, -0.25) is 0 Å². The van der Waals surface area contributed by atoms with E-state index < -0.39 is 11.6 Å². The van der Waals surface area contributed by atoms with E-state index >= 15 is 0 Å². The van der Waals surface area contributed by atoms with Gasteiger partial charge in [-0.1, -0.05) is 0 Å². The molecule has 1 aromatic carbocycles. The zero-order valence-corrected chi connectivity index (χ0v) is 7.60. The van der Waals surface area contributed by atoms with E-state index in [1.165, 1.54) is 6.07 Å². The first-order valence-electron chi connectivity index (χ1n) is 4.19. The highest BCUT2D eigenvalue weighted by molar-refractivity contribution is 5.71. The van der Waals surface area contributed by atoms with Crippen molar-refractivity contribution in [3.05, 3.63) is 35.1 Å². The number of ether oxygens (including phenoxy) is 1. The number of hydrogen-bond donors (Lipinski definition) is 1. The van der Waals surface area contributed by atoms with E-state index in [9.17, 15) is 8.78 Å². The van der Waals surface area contributed by atoms with Crippen LogP contribution in [0.25, 0.3) is 6.08 Å².